The molecule has 0 spiro atoms. The van der Waals surface area contributed by atoms with Crippen LogP contribution < -0.4 is 14.8 Å². The number of ether oxygens (including phenoxy) is 2. The molecule has 0 radical (unpaired) electrons. The molecule has 30 heavy (non-hydrogen) atoms. The van der Waals surface area contributed by atoms with Crippen LogP contribution in [0.5, 0.6) is 11.5 Å². The molecule has 2 aromatic carbocycles. The molecule has 1 aliphatic heterocycles. The molecule has 0 bridgehead atoms. The van der Waals surface area contributed by atoms with Crippen LogP contribution in [0.3, 0.4) is 0 Å². The molecule has 7 nitrogen and oxygen atoms in total. The van der Waals surface area contributed by atoms with E-state index in [1.165, 1.54) is 11.4 Å². The van der Waals surface area contributed by atoms with Gasteiger partial charge in [0, 0.05) is 19.1 Å². The average molecular weight is 433 g/mol. The van der Waals surface area contributed by atoms with Crippen LogP contribution in [-0.2, 0) is 14.8 Å². The van der Waals surface area contributed by atoms with Crippen molar-refractivity contribution in [1.82, 2.24) is 9.62 Å². The summed E-state index contributed by atoms with van der Waals surface area (Å²) in [4.78, 5) is 12.5. The van der Waals surface area contributed by atoms with Crippen LogP contribution in [0.2, 0.25) is 0 Å². The third-order valence-corrected chi connectivity index (χ3v) is 7.34. The second-order valence-electron chi connectivity index (χ2n) is 7.41. The number of carbonyl (C=O) groups is 1. The minimum absolute atomic E-state index is 0.0609. The lowest BCUT2D eigenvalue weighted by molar-refractivity contribution is -0.124. The summed E-state index contributed by atoms with van der Waals surface area (Å²) < 4.78 is 37.8. The summed E-state index contributed by atoms with van der Waals surface area (Å²) in [6, 6.07) is 12.0. The van der Waals surface area contributed by atoms with Crippen molar-refractivity contribution >= 4 is 15.9 Å². The molecular weight excluding hydrogens is 404 g/mol. The highest BCUT2D eigenvalue weighted by Gasteiger charge is 2.30. The normalized spacial score (nSPS) is 15.6. The van der Waals surface area contributed by atoms with Crippen LogP contribution in [0, 0.1) is 13.8 Å². The summed E-state index contributed by atoms with van der Waals surface area (Å²) in [7, 11) is -2.02. The molecule has 1 saturated heterocycles. The Labute approximate surface area is 178 Å². The lowest BCUT2D eigenvalue weighted by atomic mass is 10.1. The monoisotopic (exact) mass is 432 g/mol. The molecule has 0 unspecified atom stereocenters. The Kier molecular flexibility index (Phi) is 6.99. The maximum atomic E-state index is 12.8. The highest BCUT2D eigenvalue weighted by molar-refractivity contribution is 7.89. The summed E-state index contributed by atoms with van der Waals surface area (Å²) in [5.74, 6) is 1.11. The van der Waals surface area contributed by atoms with Gasteiger partial charge in [0.2, 0.25) is 10.0 Å². The Morgan fingerprint density at radius 2 is 1.77 bits per heavy atom. The Hall–Kier alpha value is -2.58. The lowest BCUT2D eigenvalue weighted by Gasteiger charge is -2.31. The van der Waals surface area contributed by atoms with Gasteiger partial charge in [0.15, 0.2) is 6.61 Å². The molecule has 2 aromatic rings. The van der Waals surface area contributed by atoms with Crippen molar-refractivity contribution < 1.29 is 22.7 Å². The van der Waals surface area contributed by atoms with Crippen LogP contribution in [0.25, 0.3) is 0 Å². The molecule has 0 atom stereocenters. The Morgan fingerprint density at radius 1 is 1.10 bits per heavy atom. The lowest BCUT2D eigenvalue weighted by Crippen LogP contribution is -2.47. The van der Waals surface area contributed by atoms with Gasteiger partial charge in [-0.15, -0.1) is 0 Å². The fourth-order valence-electron chi connectivity index (χ4n) is 3.43. The van der Waals surface area contributed by atoms with E-state index in [1.54, 1.807) is 24.3 Å². The number of hydrogen-bond acceptors (Lipinski definition) is 5. The number of rotatable bonds is 7. The number of amides is 1. The van der Waals surface area contributed by atoms with Crippen molar-refractivity contribution in [2.24, 2.45) is 0 Å². The topological polar surface area (TPSA) is 84.9 Å². The molecule has 8 heteroatoms. The maximum Gasteiger partial charge on any atom is 0.258 e. The van der Waals surface area contributed by atoms with E-state index in [9.17, 15) is 13.2 Å². The first-order valence-corrected chi connectivity index (χ1v) is 11.4. The van der Waals surface area contributed by atoms with E-state index >= 15 is 0 Å². The smallest absolute Gasteiger partial charge is 0.258 e. The molecular formula is C22H28N2O5S. The third-order valence-electron chi connectivity index (χ3n) is 5.43. The van der Waals surface area contributed by atoms with E-state index < -0.39 is 10.0 Å². The summed E-state index contributed by atoms with van der Waals surface area (Å²) >= 11 is 0. The minimum atomic E-state index is -3.55. The van der Waals surface area contributed by atoms with Gasteiger partial charge >= 0.3 is 0 Å². The molecule has 0 aromatic heterocycles. The Morgan fingerprint density at radius 3 is 2.40 bits per heavy atom. The predicted octanol–water partition coefficient (Wildman–Crippen LogP) is 2.66. The largest absolute Gasteiger partial charge is 0.497 e. The van der Waals surface area contributed by atoms with E-state index in [4.69, 9.17) is 9.47 Å². The summed E-state index contributed by atoms with van der Waals surface area (Å²) in [5, 5.41) is 2.95. The maximum absolute atomic E-state index is 12.8. The number of sulfonamides is 1. The summed E-state index contributed by atoms with van der Waals surface area (Å²) in [6.07, 6.45) is 1.12. The molecule has 1 N–H and O–H groups in total. The first-order valence-electron chi connectivity index (χ1n) is 9.94. The van der Waals surface area contributed by atoms with E-state index in [-0.39, 0.29) is 23.5 Å². The van der Waals surface area contributed by atoms with Gasteiger partial charge in [-0.05, 0) is 68.1 Å². The van der Waals surface area contributed by atoms with Crippen LogP contribution in [-0.4, -0.2) is 51.5 Å². The molecule has 162 valence electrons. The van der Waals surface area contributed by atoms with Gasteiger partial charge in [-0.1, -0.05) is 12.1 Å². The predicted molar refractivity (Wildman–Crippen MR) is 114 cm³/mol. The molecule has 1 amide bonds. The number of nitrogens with zero attached hydrogens (tertiary/aromatic N) is 1. The van der Waals surface area contributed by atoms with Crippen molar-refractivity contribution in [3.63, 3.8) is 0 Å². The number of hydrogen-bond donors (Lipinski definition) is 1. The molecule has 1 fully saturated rings. The molecule has 1 heterocycles. The van der Waals surface area contributed by atoms with Crippen molar-refractivity contribution in [2.75, 3.05) is 26.8 Å². The van der Waals surface area contributed by atoms with Gasteiger partial charge in [0.1, 0.15) is 11.5 Å². The van der Waals surface area contributed by atoms with Gasteiger partial charge in [-0.2, -0.15) is 4.31 Å². The highest BCUT2D eigenvalue weighted by atomic mass is 32.2. The number of aryl methyl sites for hydroxylation is 1. The van der Waals surface area contributed by atoms with Gasteiger partial charge in [-0.25, -0.2) is 8.42 Å². The zero-order chi connectivity index (χ0) is 21.7. The average Bonchev–Trinajstić information content (AvgIpc) is 2.75. The van der Waals surface area contributed by atoms with Gasteiger partial charge < -0.3 is 14.8 Å². The number of carbonyl (C=O) groups excluding carboxylic acids is 1. The quantitative estimate of drug-likeness (QED) is 0.727. The van der Waals surface area contributed by atoms with Crippen molar-refractivity contribution in [3.8, 4) is 11.5 Å². The zero-order valence-electron chi connectivity index (χ0n) is 17.6. The van der Waals surface area contributed by atoms with Crippen molar-refractivity contribution in [2.45, 2.75) is 37.6 Å². The number of nitrogens with one attached hydrogen (secondary N) is 1. The third kappa shape index (κ3) is 5.12. The van der Waals surface area contributed by atoms with Crippen LogP contribution >= 0.6 is 0 Å². The Balaban J connectivity index is 1.50. The number of piperidine rings is 1. The molecule has 1 aliphatic rings. The Bertz CT molecular complexity index is 981. The fourth-order valence-corrected chi connectivity index (χ4v) is 4.90. The summed E-state index contributed by atoms with van der Waals surface area (Å²) in [6.45, 7) is 4.61. The van der Waals surface area contributed by atoms with Crippen LogP contribution in [0.4, 0.5) is 0 Å². The van der Waals surface area contributed by atoms with E-state index in [1.807, 2.05) is 32.0 Å². The second kappa shape index (κ2) is 9.49. The highest BCUT2D eigenvalue weighted by Crippen LogP contribution is 2.23. The van der Waals surface area contributed by atoms with Gasteiger partial charge in [0.25, 0.3) is 5.91 Å². The van der Waals surface area contributed by atoms with Crippen LogP contribution in [0.1, 0.15) is 24.0 Å². The van der Waals surface area contributed by atoms with E-state index in [0.29, 0.717) is 37.4 Å². The standard InChI is InChI=1S/C22H28N2O5S/c1-16-5-4-6-21(17(16)2)29-15-22(25)23-18-11-13-24(14-12-18)30(26,27)20-9-7-19(28-3)8-10-20/h4-10,18H,11-15H2,1-3H3,(H,23,25). The molecule has 3 rings (SSSR count). The fraction of sp³-hybridized carbons (Fsp3) is 0.409. The van der Waals surface area contributed by atoms with Gasteiger partial charge in [0.05, 0.1) is 12.0 Å². The summed E-state index contributed by atoms with van der Waals surface area (Å²) in [5.41, 5.74) is 2.13. The van der Waals surface area contributed by atoms with Crippen molar-refractivity contribution in [3.05, 3.63) is 53.6 Å². The van der Waals surface area contributed by atoms with E-state index in [2.05, 4.69) is 5.32 Å². The molecule has 0 saturated carbocycles. The van der Waals surface area contributed by atoms with Crippen molar-refractivity contribution in [1.29, 1.82) is 0 Å². The first kappa shape index (κ1) is 22.1. The van der Waals surface area contributed by atoms with Gasteiger partial charge in [-0.3, -0.25) is 4.79 Å². The first-order chi connectivity index (χ1) is 14.3. The number of benzene rings is 2. The molecule has 0 aliphatic carbocycles. The second-order valence-corrected chi connectivity index (χ2v) is 9.35. The van der Waals surface area contributed by atoms with Crippen LogP contribution in [0.15, 0.2) is 47.4 Å². The minimum Gasteiger partial charge on any atom is -0.497 e. The number of methoxy groups -OCH3 is 1. The van der Waals surface area contributed by atoms with E-state index in [0.717, 1.165) is 11.1 Å². The zero-order valence-corrected chi connectivity index (χ0v) is 18.4. The SMILES string of the molecule is COc1ccc(S(=O)(=O)N2CCC(NC(=O)COc3cccc(C)c3C)CC2)cc1.